The van der Waals surface area contributed by atoms with E-state index in [4.69, 9.17) is 9.26 Å². The number of rotatable bonds is 7. The molecule has 0 unspecified atom stereocenters. The van der Waals surface area contributed by atoms with Crippen molar-refractivity contribution < 1.29 is 14.1 Å². The second kappa shape index (κ2) is 9.05. The van der Waals surface area contributed by atoms with Gasteiger partial charge in [0.15, 0.2) is 0 Å². The molecule has 0 atom stereocenters. The van der Waals surface area contributed by atoms with E-state index in [1.807, 2.05) is 78.9 Å². The molecule has 4 rings (SSSR count). The summed E-state index contributed by atoms with van der Waals surface area (Å²) in [5, 5.41) is 7.01. The number of para-hydroxylation sites is 1. The Morgan fingerprint density at radius 2 is 1.80 bits per heavy atom. The maximum absolute atomic E-state index is 12.3. The third kappa shape index (κ3) is 4.55. The number of ether oxygens (including phenoxy) is 1. The van der Waals surface area contributed by atoms with Gasteiger partial charge in [-0.15, -0.1) is 0 Å². The monoisotopic (exact) mass is 399 g/mol. The molecule has 1 heterocycles. The van der Waals surface area contributed by atoms with E-state index in [0.29, 0.717) is 36.0 Å². The summed E-state index contributed by atoms with van der Waals surface area (Å²) >= 11 is 0. The Balaban J connectivity index is 1.46. The Labute approximate surface area is 174 Å². The first-order valence-corrected chi connectivity index (χ1v) is 9.64. The number of nitrogens with zero attached hydrogens (tertiary/aromatic N) is 2. The number of aromatic nitrogens is 2. The molecule has 0 saturated carbocycles. The molecule has 30 heavy (non-hydrogen) atoms. The van der Waals surface area contributed by atoms with Gasteiger partial charge in [-0.05, 0) is 36.2 Å². The molecule has 1 N–H and O–H groups in total. The van der Waals surface area contributed by atoms with Crippen LogP contribution < -0.4 is 10.1 Å². The molecule has 0 spiro atoms. The molecular weight excluding hydrogens is 378 g/mol. The Hall–Kier alpha value is -3.93. The van der Waals surface area contributed by atoms with Crippen LogP contribution in [0.5, 0.6) is 5.75 Å². The van der Waals surface area contributed by atoms with Crippen molar-refractivity contribution in [3.05, 3.63) is 84.4 Å². The first-order valence-electron chi connectivity index (χ1n) is 9.64. The van der Waals surface area contributed by atoms with Gasteiger partial charge in [0.1, 0.15) is 5.75 Å². The van der Waals surface area contributed by atoms with Crippen LogP contribution in [0.15, 0.2) is 83.4 Å². The van der Waals surface area contributed by atoms with E-state index in [0.717, 1.165) is 16.7 Å². The normalized spacial score (nSPS) is 10.6. The van der Waals surface area contributed by atoms with Crippen LogP contribution >= 0.6 is 0 Å². The molecule has 150 valence electrons. The van der Waals surface area contributed by atoms with Crippen LogP contribution in [-0.4, -0.2) is 23.2 Å². The van der Waals surface area contributed by atoms with Crippen molar-refractivity contribution in [1.29, 1.82) is 0 Å². The van der Waals surface area contributed by atoms with Gasteiger partial charge in [-0.3, -0.25) is 4.79 Å². The molecule has 1 aromatic heterocycles. The predicted octanol–water partition coefficient (Wildman–Crippen LogP) is 4.98. The first-order chi connectivity index (χ1) is 14.7. The SMILES string of the molecule is COc1ccccc1-c1nc(-c2cccc(NC(=O)CCc3ccccc3)c2)no1. The molecule has 0 bridgehead atoms. The number of hydrogen-bond donors (Lipinski definition) is 1. The van der Waals surface area contributed by atoms with E-state index in [1.165, 1.54) is 0 Å². The van der Waals surface area contributed by atoms with Crippen LogP contribution in [0.3, 0.4) is 0 Å². The molecule has 1 amide bonds. The highest BCUT2D eigenvalue weighted by atomic mass is 16.5. The number of amides is 1. The van der Waals surface area contributed by atoms with Crippen LogP contribution in [-0.2, 0) is 11.2 Å². The molecule has 0 aliphatic heterocycles. The zero-order chi connectivity index (χ0) is 20.8. The Bertz CT molecular complexity index is 1140. The van der Waals surface area contributed by atoms with Crippen LogP contribution in [0.1, 0.15) is 12.0 Å². The fraction of sp³-hybridized carbons (Fsp3) is 0.125. The lowest BCUT2D eigenvalue weighted by Gasteiger charge is -2.06. The van der Waals surface area contributed by atoms with Crippen molar-refractivity contribution in [2.45, 2.75) is 12.8 Å². The van der Waals surface area contributed by atoms with E-state index >= 15 is 0 Å². The molecule has 0 aliphatic carbocycles. The van der Waals surface area contributed by atoms with Crippen LogP contribution in [0.4, 0.5) is 5.69 Å². The quantitative estimate of drug-likeness (QED) is 0.474. The number of nitrogens with one attached hydrogen (secondary N) is 1. The van der Waals surface area contributed by atoms with Crippen molar-refractivity contribution in [3.8, 4) is 28.6 Å². The van der Waals surface area contributed by atoms with E-state index in [1.54, 1.807) is 7.11 Å². The molecule has 0 radical (unpaired) electrons. The number of methoxy groups -OCH3 is 1. The largest absolute Gasteiger partial charge is 0.496 e. The number of benzene rings is 3. The fourth-order valence-electron chi connectivity index (χ4n) is 3.13. The highest BCUT2D eigenvalue weighted by Crippen LogP contribution is 2.30. The zero-order valence-corrected chi connectivity index (χ0v) is 16.5. The number of hydrogen-bond acceptors (Lipinski definition) is 5. The third-order valence-electron chi connectivity index (χ3n) is 4.65. The summed E-state index contributed by atoms with van der Waals surface area (Å²) in [6.07, 6.45) is 1.11. The fourth-order valence-corrected chi connectivity index (χ4v) is 3.13. The van der Waals surface area contributed by atoms with Crippen LogP contribution in [0.2, 0.25) is 0 Å². The van der Waals surface area contributed by atoms with Gasteiger partial charge in [0.05, 0.1) is 12.7 Å². The third-order valence-corrected chi connectivity index (χ3v) is 4.65. The summed E-state index contributed by atoms with van der Waals surface area (Å²) in [6, 6.07) is 24.8. The molecule has 3 aromatic carbocycles. The van der Waals surface area contributed by atoms with Gasteiger partial charge in [-0.2, -0.15) is 4.98 Å². The Morgan fingerprint density at radius 1 is 1.00 bits per heavy atom. The van der Waals surface area contributed by atoms with Crippen LogP contribution in [0, 0.1) is 0 Å². The summed E-state index contributed by atoms with van der Waals surface area (Å²) in [7, 11) is 1.60. The summed E-state index contributed by atoms with van der Waals surface area (Å²) in [5.74, 6) is 1.43. The van der Waals surface area contributed by atoms with Crippen molar-refractivity contribution in [2.75, 3.05) is 12.4 Å². The highest BCUT2D eigenvalue weighted by Gasteiger charge is 2.15. The summed E-state index contributed by atoms with van der Waals surface area (Å²) in [6.45, 7) is 0. The van der Waals surface area contributed by atoms with E-state index < -0.39 is 0 Å². The van der Waals surface area contributed by atoms with Crippen molar-refractivity contribution in [2.24, 2.45) is 0 Å². The minimum absolute atomic E-state index is 0.0428. The number of anilines is 1. The van der Waals surface area contributed by atoms with Gasteiger partial charge < -0.3 is 14.6 Å². The van der Waals surface area contributed by atoms with Crippen molar-refractivity contribution >= 4 is 11.6 Å². The summed E-state index contributed by atoms with van der Waals surface area (Å²) < 4.78 is 10.8. The second-order valence-corrected chi connectivity index (χ2v) is 6.74. The number of carbonyl (C=O) groups excluding carboxylic acids is 1. The minimum atomic E-state index is -0.0428. The Morgan fingerprint density at radius 3 is 2.63 bits per heavy atom. The van der Waals surface area contributed by atoms with E-state index in [9.17, 15) is 4.79 Å². The molecule has 6 heteroatoms. The average Bonchev–Trinajstić information content (AvgIpc) is 3.29. The first kappa shape index (κ1) is 19.4. The van der Waals surface area contributed by atoms with Crippen molar-refractivity contribution in [3.63, 3.8) is 0 Å². The van der Waals surface area contributed by atoms with E-state index in [2.05, 4.69) is 15.5 Å². The van der Waals surface area contributed by atoms with Crippen LogP contribution in [0.25, 0.3) is 22.8 Å². The molecule has 4 aromatic rings. The van der Waals surface area contributed by atoms with Gasteiger partial charge in [-0.25, -0.2) is 0 Å². The van der Waals surface area contributed by atoms with Gasteiger partial charge in [0.2, 0.25) is 11.7 Å². The maximum Gasteiger partial charge on any atom is 0.262 e. The second-order valence-electron chi connectivity index (χ2n) is 6.74. The number of carbonyl (C=O) groups is 1. The zero-order valence-electron chi connectivity index (χ0n) is 16.5. The lowest BCUT2D eigenvalue weighted by molar-refractivity contribution is -0.116. The van der Waals surface area contributed by atoms with Gasteiger partial charge >= 0.3 is 0 Å². The lowest BCUT2D eigenvalue weighted by Crippen LogP contribution is -2.12. The molecular formula is C24H21N3O3. The van der Waals surface area contributed by atoms with Gasteiger partial charge in [0.25, 0.3) is 5.89 Å². The molecule has 0 saturated heterocycles. The highest BCUT2D eigenvalue weighted by molar-refractivity contribution is 5.91. The van der Waals surface area contributed by atoms with Crippen molar-refractivity contribution in [1.82, 2.24) is 10.1 Å². The molecule has 6 nitrogen and oxygen atoms in total. The lowest BCUT2D eigenvalue weighted by atomic mass is 10.1. The molecule has 0 aliphatic rings. The predicted molar refractivity (Wildman–Crippen MR) is 115 cm³/mol. The smallest absolute Gasteiger partial charge is 0.262 e. The average molecular weight is 399 g/mol. The molecule has 0 fully saturated rings. The summed E-state index contributed by atoms with van der Waals surface area (Å²) in [4.78, 5) is 16.8. The Kier molecular flexibility index (Phi) is 5.85. The standard InChI is InChI=1S/C24H21N3O3/c1-29-21-13-6-5-12-20(21)24-26-23(27-30-24)18-10-7-11-19(16-18)25-22(28)15-14-17-8-3-2-4-9-17/h2-13,16H,14-15H2,1H3,(H,25,28). The topological polar surface area (TPSA) is 77.2 Å². The summed E-state index contributed by atoms with van der Waals surface area (Å²) in [5.41, 5.74) is 3.30. The number of aryl methyl sites for hydroxylation is 1. The minimum Gasteiger partial charge on any atom is -0.496 e. The van der Waals surface area contributed by atoms with Gasteiger partial charge in [0, 0.05) is 17.7 Å². The van der Waals surface area contributed by atoms with Gasteiger partial charge in [-0.1, -0.05) is 59.8 Å². The maximum atomic E-state index is 12.3. The van der Waals surface area contributed by atoms with E-state index in [-0.39, 0.29) is 5.91 Å².